The van der Waals surface area contributed by atoms with Crippen LogP contribution < -0.4 is 5.32 Å². The van der Waals surface area contributed by atoms with E-state index in [2.05, 4.69) is 5.32 Å². The van der Waals surface area contributed by atoms with Gasteiger partial charge in [0.2, 0.25) is 0 Å². The molecule has 0 unspecified atom stereocenters. The number of aliphatic hydroxyl groups excluding tert-OH is 1. The van der Waals surface area contributed by atoms with Gasteiger partial charge in [-0.05, 0) is 40.0 Å². The average molecular weight is 300 g/mol. The SMILES string of the molecule is CC(C)(C)OC(=O)N1CCC(N[C@@H]2CCOC[C@@H]2O)CC1. The van der Waals surface area contributed by atoms with Crippen molar-refractivity contribution in [2.24, 2.45) is 0 Å². The molecule has 0 spiro atoms. The topological polar surface area (TPSA) is 71.0 Å². The Kier molecular flexibility index (Phi) is 5.46. The van der Waals surface area contributed by atoms with Crippen molar-refractivity contribution < 1.29 is 19.4 Å². The molecular weight excluding hydrogens is 272 g/mol. The summed E-state index contributed by atoms with van der Waals surface area (Å²) in [6.45, 7) is 8.15. The molecule has 2 aliphatic rings. The van der Waals surface area contributed by atoms with Crippen LogP contribution in [0.4, 0.5) is 4.79 Å². The van der Waals surface area contributed by atoms with E-state index in [1.165, 1.54) is 0 Å². The molecule has 0 aromatic rings. The Hall–Kier alpha value is -0.850. The number of piperidine rings is 1. The second-order valence-corrected chi connectivity index (χ2v) is 6.95. The monoisotopic (exact) mass is 300 g/mol. The van der Waals surface area contributed by atoms with Crippen LogP contribution in [0, 0.1) is 0 Å². The summed E-state index contributed by atoms with van der Waals surface area (Å²) in [5, 5.41) is 13.4. The van der Waals surface area contributed by atoms with E-state index in [0.717, 1.165) is 19.3 Å². The number of hydrogen-bond acceptors (Lipinski definition) is 5. The number of aliphatic hydroxyl groups is 1. The number of likely N-dealkylation sites (tertiary alicyclic amines) is 1. The van der Waals surface area contributed by atoms with Crippen molar-refractivity contribution in [1.82, 2.24) is 10.2 Å². The first-order valence-electron chi connectivity index (χ1n) is 7.85. The van der Waals surface area contributed by atoms with Crippen molar-refractivity contribution in [3.63, 3.8) is 0 Å². The highest BCUT2D eigenvalue weighted by Gasteiger charge is 2.30. The first-order valence-corrected chi connectivity index (χ1v) is 7.85. The van der Waals surface area contributed by atoms with Crippen molar-refractivity contribution in [2.45, 2.75) is 63.8 Å². The van der Waals surface area contributed by atoms with E-state index in [1.807, 2.05) is 20.8 Å². The molecule has 0 radical (unpaired) electrons. The quantitative estimate of drug-likeness (QED) is 0.800. The molecule has 0 aromatic carbocycles. The Morgan fingerprint density at radius 2 is 1.95 bits per heavy atom. The van der Waals surface area contributed by atoms with E-state index in [-0.39, 0.29) is 12.1 Å². The lowest BCUT2D eigenvalue weighted by atomic mass is 10.00. The fraction of sp³-hybridized carbons (Fsp3) is 0.933. The van der Waals surface area contributed by atoms with E-state index in [0.29, 0.717) is 32.3 Å². The Balaban J connectivity index is 1.74. The molecule has 0 bridgehead atoms. The van der Waals surface area contributed by atoms with Gasteiger partial charge < -0.3 is 24.8 Å². The van der Waals surface area contributed by atoms with Gasteiger partial charge in [0.05, 0.1) is 12.7 Å². The molecule has 2 aliphatic heterocycles. The average Bonchev–Trinajstić information content (AvgIpc) is 2.40. The lowest BCUT2D eigenvalue weighted by Crippen LogP contribution is -2.53. The lowest BCUT2D eigenvalue weighted by Gasteiger charge is -2.37. The maximum atomic E-state index is 12.0. The van der Waals surface area contributed by atoms with Crippen molar-refractivity contribution >= 4 is 6.09 Å². The minimum absolute atomic E-state index is 0.108. The number of nitrogens with zero attached hydrogens (tertiary/aromatic N) is 1. The van der Waals surface area contributed by atoms with Gasteiger partial charge in [-0.1, -0.05) is 0 Å². The number of carbonyl (C=O) groups excluding carboxylic acids is 1. The summed E-state index contributed by atoms with van der Waals surface area (Å²) in [5.41, 5.74) is -0.446. The molecule has 6 nitrogen and oxygen atoms in total. The zero-order chi connectivity index (χ0) is 15.5. The molecule has 2 heterocycles. The third-order valence-corrected chi connectivity index (χ3v) is 3.92. The van der Waals surface area contributed by atoms with Crippen molar-refractivity contribution in [2.75, 3.05) is 26.3 Å². The predicted molar refractivity (Wildman–Crippen MR) is 79.2 cm³/mol. The summed E-state index contributed by atoms with van der Waals surface area (Å²) in [6, 6.07) is 0.457. The number of carbonyl (C=O) groups is 1. The number of rotatable bonds is 2. The molecule has 122 valence electrons. The second-order valence-electron chi connectivity index (χ2n) is 6.95. The van der Waals surface area contributed by atoms with Crippen LogP contribution >= 0.6 is 0 Å². The molecule has 2 fully saturated rings. The normalized spacial score (nSPS) is 28.5. The van der Waals surface area contributed by atoms with Gasteiger partial charge in [-0.3, -0.25) is 0 Å². The van der Waals surface area contributed by atoms with Crippen LogP contribution in [0.3, 0.4) is 0 Å². The van der Waals surface area contributed by atoms with Crippen molar-refractivity contribution in [3.8, 4) is 0 Å². The lowest BCUT2D eigenvalue weighted by molar-refractivity contribution is -0.0326. The Morgan fingerprint density at radius 3 is 2.52 bits per heavy atom. The Bertz CT molecular complexity index is 348. The van der Waals surface area contributed by atoms with Gasteiger partial charge in [-0.25, -0.2) is 4.79 Å². The predicted octanol–water partition coefficient (Wildman–Crippen LogP) is 1.13. The zero-order valence-electron chi connectivity index (χ0n) is 13.3. The van der Waals surface area contributed by atoms with Gasteiger partial charge in [0, 0.05) is 31.8 Å². The summed E-state index contributed by atoms with van der Waals surface area (Å²) >= 11 is 0. The molecule has 2 N–H and O–H groups in total. The zero-order valence-corrected chi connectivity index (χ0v) is 13.3. The summed E-state index contributed by atoms with van der Waals surface area (Å²) in [6.07, 6.45) is 1.97. The molecule has 6 heteroatoms. The minimum atomic E-state index is -0.446. The van der Waals surface area contributed by atoms with Crippen molar-refractivity contribution in [3.05, 3.63) is 0 Å². The maximum absolute atomic E-state index is 12.0. The summed E-state index contributed by atoms with van der Waals surface area (Å²) < 4.78 is 10.6. The van der Waals surface area contributed by atoms with Gasteiger partial charge >= 0.3 is 6.09 Å². The van der Waals surface area contributed by atoms with Crippen LogP contribution in [-0.4, -0.2) is 66.2 Å². The molecule has 2 rings (SSSR count). The molecule has 2 saturated heterocycles. The Morgan fingerprint density at radius 1 is 1.29 bits per heavy atom. The molecule has 0 aliphatic carbocycles. The highest BCUT2D eigenvalue weighted by atomic mass is 16.6. The minimum Gasteiger partial charge on any atom is -0.444 e. The van der Waals surface area contributed by atoms with E-state index in [1.54, 1.807) is 4.90 Å². The second kappa shape index (κ2) is 6.94. The number of hydrogen-bond donors (Lipinski definition) is 2. The highest BCUT2D eigenvalue weighted by Crippen LogP contribution is 2.17. The first kappa shape index (κ1) is 16.5. The molecule has 21 heavy (non-hydrogen) atoms. The van der Waals surface area contributed by atoms with Gasteiger partial charge in [0.25, 0.3) is 0 Å². The van der Waals surface area contributed by atoms with E-state index in [4.69, 9.17) is 9.47 Å². The standard InChI is InChI=1S/C15H28N2O4/c1-15(2,3)21-14(19)17-7-4-11(5-8-17)16-12-6-9-20-10-13(12)18/h11-13,16,18H,4-10H2,1-3H3/t12-,13+/m1/s1. The smallest absolute Gasteiger partial charge is 0.410 e. The number of ether oxygens (including phenoxy) is 2. The Labute approximate surface area is 126 Å². The molecule has 0 saturated carbocycles. The van der Waals surface area contributed by atoms with Crippen LogP contribution in [0.25, 0.3) is 0 Å². The van der Waals surface area contributed by atoms with Gasteiger partial charge in [-0.15, -0.1) is 0 Å². The van der Waals surface area contributed by atoms with E-state index >= 15 is 0 Å². The van der Waals surface area contributed by atoms with Crippen LogP contribution in [0.15, 0.2) is 0 Å². The molecule has 2 atom stereocenters. The number of amides is 1. The summed E-state index contributed by atoms with van der Waals surface area (Å²) in [5.74, 6) is 0. The maximum Gasteiger partial charge on any atom is 0.410 e. The third-order valence-electron chi connectivity index (χ3n) is 3.92. The van der Waals surface area contributed by atoms with Crippen LogP contribution in [0.2, 0.25) is 0 Å². The summed E-state index contributed by atoms with van der Waals surface area (Å²) in [4.78, 5) is 13.8. The summed E-state index contributed by atoms with van der Waals surface area (Å²) in [7, 11) is 0. The highest BCUT2D eigenvalue weighted by molar-refractivity contribution is 5.68. The first-order chi connectivity index (χ1) is 9.85. The van der Waals surface area contributed by atoms with Crippen LogP contribution in [0.5, 0.6) is 0 Å². The molecule has 1 amide bonds. The molecule has 0 aromatic heterocycles. The largest absolute Gasteiger partial charge is 0.444 e. The van der Waals surface area contributed by atoms with Crippen LogP contribution in [-0.2, 0) is 9.47 Å². The fourth-order valence-corrected chi connectivity index (χ4v) is 2.78. The van der Waals surface area contributed by atoms with Crippen molar-refractivity contribution in [1.29, 1.82) is 0 Å². The van der Waals surface area contributed by atoms with Gasteiger partial charge in [0.15, 0.2) is 0 Å². The van der Waals surface area contributed by atoms with Crippen LogP contribution in [0.1, 0.15) is 40.0 Å². The van der Waals surface area contributed by atoms with E-state index in [9.17, 15) is 9.90 Å². The third kappa shape index (κ3) is 5.13. The van der Waals surface area contributed by atoms with Gasteiger partial charge in [-0.2, -0.15) is 0 Å². The molecular formula is C15H28N2O4. The van der Waals surface area contributed by atoms with Gasteiger partial charge in [0.1, 0.15) is 5.60 Å². The fourth-order valence-electron chi connectivity index (χ4n) is 2.78. The van der Waals surface area contributed by atoms with E-state index < -0.39 is 11.7 Å². The number of nitrogens with one attached hydrogen (secondary N) is 1.